The van der Waals surface area contributed by atoms with Crippen LogP contribution in [0.5, 0.6) is 0 Å². The zero-order valence-corrected chi connectivity index (χ0v) is 23.7. The number of likely N-dealkylation sites (tertiary alicyclic amines) is 2. The molecule has 2 aromatic rings. The summed E-state index contributed by atoms with van der Waals surface area (Å²) in [5.74, 6) is -0.00532. The maximum Gasteiger partial charge on any atom is 0.254 e. The average molecular weight is 540 g/mol. The molecule has 1 N–H and O–H groups in total. The smallest absolute Gasteiger partial charge is 0.254 e. The van der Waals surface area contributed by atoms with E-state index in [1.165, 1.54) is 5.56 Å². The summed E-state index contributed by atoms with van der Waals surface area (Å²) in [5, 5.41) is 3.67. The predicted octanol–water partition coefficient (Wildman–Crippen LogP) is 4.43. The molecule has 204 valence electrons. The molecule has 2 aliphatic rings. The molecule has 0 unspecified atom stereocenters. The number of benzene rings is 1. The number of aromatic nitrogens is 1. The Labute approximate surface area is 230 Å². The minimum absolute atomic E-state index is 0.0311. The Morgan fingerprint density at radius 2 is 1.84 bits per heavy atom. The molecule has 0 bridgehead atoms. The summed E-state index contributed by atoms with van der Waals surface area (Å²) in [4.78, 5) is 49.3. The molecule has 0 radical (unpaired) electrons. The highest BCUT2D eigenvalue weighted by Crippen LogP contribution is 2.29. The lowest BCUT2D eigenvalue weighted by atomic mass is 10.0. The lowest BCUT2D eigenvalue weighted by molar-refractivity contribution is -0.136. The minimum atomic E-state index is -0.530. The molecule has 1 aromatic carbocycles. The molecule has 9 heteroatoms. The van der Waals surface area contributed by atoms with Crippen LogP contribution in [0.2, 0.25) is 5.02 Å². The van der Waals surface area contributed by atoms with E-state index in [0.717, 1.165) is 43.1 Å². The van der Waals surface area contributed by atoms with Crippen LogP contribution in [0.1, 0.15) is 66.7 Å². The summed E-state index contributed by atoms with van der Waals surface area (Å²) in [6, 6.07) is 9.02. The summed E-state index contributed by atoms with van der Waals surface area (Å²) in [5.41, 5.74) is 3.42. The van der Waals surface area contributed by atoms with Gasteiger partial charge in [0, 0.05) is 61.5 Å². The second-order valence-corrected chi connectivity index (χ2v) is 11.2. The molecule has 38 heavy (non-hydrogen) atoms. The van der Waals surface area contributed by atoms with Crippen molar-refractivity contribution in [2.45, 2.75) is 78.0 Å². The van der Waals surface area contributed by atoms with Crippen molar-refractivity contribution in [2.75, 3.05) is 25.5 Å². The van der Waals surface area contributed by atoms with Gasteiger partial charge in [-0.15, -0.1) is 0 Å². The Bertz CT molecular complexity index is 1210. The fourth-order valence-corrected chi connectivity index (χ4v) is 5.46. The molecule has 1 aromatic heterocycles. The van der Waals surface area contributed by atoms with Gasteiger partial charge < -0.3 is 15.1 Å². The van der Waals surface area contributed by atoms with Crippen LogP contribution in [0.4, 0.5) is 5.82 Å². The lowest BCUT2D eigenvalue weighted by Crippen LogP contribution is -2.51. The van der Waals surface area contributed by atoms with Gasteiger partial charge in [-0.3, -0.25) is 19.3 Å². The summed E-state index contributed by atoms with van der Waals surface area (Å²) in [6.45, 7) is 10.3. The van der Waals surface area contributed by atoms with E-state index in [2.05, 4.69) is 27.3 Å². The first-order valence-corrected chi connectivity index (χ1v) is 13.8. The Balaban J connectivity index is 1.39. The molecule has 0 aliphatic carbocycles. The maximum atomic E-state index is 13.4. The van der Waals surface area contributed by atoms with Gasteiger partial charge in [0.15, 0.2) is 0 Å². The number of anilines is 1. The second-order valence-electron chi connectivity index (χ2n) is 10.8. The zero-order chi connectivity index (χ0) is 27.6. The fraction of sp³-hybridized carbons (Fsp3) is 0.517. The number of hydrogen-bond donors (Lipinski definition) is 1. The number of aryl methyl sites for hydroxylation is 2. The first-order valence-electron chi connectivity index (χ1n) is 13.4. The van der Waals surface area contributed by atoms with Gasteiger partial charge in [0.1, 0.15) is 11.9 Å². The van der Waals surface area contributed by atoms with Gasteiger partial charge in [-0.1, -0.05) is 23.7 Å². The van der Waals surface area contributed by atoms with Gasteiger partial charge >= 0.3 is 0 Å². The standard InChI is InChI=1S/C29H38ClN5O3/c1-18(2)33(5)29(38)22-15-20(4)31-26(16-22)32-28(37)25-8-9-27(36)35(25)23-10-12-34(13-11-23)17-21-6-7-24(30)19(3)14-21/h6-7,14-16,18,23,25H,8-13,17H2,1-5H3,(H,31,32,37)/t25-/m1/s1. The van der Waals surface area contributed by atoms with Crippen molar-refractivity contribution < 1.29 is 14.4 Å². The Kier molecular flexibility index (Phi) is 8.73. The summed E-state index contributed by atoms with van der Waals surface area (Å²) in [6.07, 6.45) is 2.51. The molecule has 2 aliphatic heterocycles. The number of piperidine rings is 1. The second kappa shape index (κ2) is 11.8. The highest BCUT2D eigenvalue weighted by atomic mass is 35.5. The van der Waals surface area contributed by atoms with Crippen molar-refractivity contribution in [3.05, 3.63) is 57.7 Å². The van der Waals surface area contributed by atoms with Crippen LogP contribution in [0.15, 0.2) is 30.3 Å². The van der Waals surface area contributed by atoms with Gasteiger partial charge in [0.25, 0.3) is 5.91 Å². The molecule has 2 saturated heterocycles. The monoisotopic (exact) mass is 539 g/mol. The van der Waals surface area contributed by atoms with Gasteiger partial charge in [-0.05, 0) is 76.3 Å². The van der Waals surface area contributed by atoms with Crippen LogP contribution in [-0.2, 0) is 16.1 Å². The Hall–Kier alpha value is -2.97. The van der Waals surface area contributed by atoms with Crippen molar-refractivity contribution in [3.8, 4) is 0 Å². The predicted molar refractivity (Wildman–Crippen MR) is 149 cm³/mol. The molecule has 0 spiro atoms. The molecule has 3 heterocycles. The van der Waals surface area contributed by atoms with E-state index in [-0.39, 0.29) is 29.8 Å². The zero-order valence-electron chi connectivity index (χ0n) is 23.0. The van der Waals surface area contributed by atoms with Gasteiger partial charge in [0.2, 0.25) is 11.8 Å². The summed E-state index contributed by atoms with van der Waals surface area (Å²) >= 11 is 6.17. The maximum absolute atomic E-state index is 13.4. The van der Waals surface area contributed by atoms with Crippen molar-refractivity contribution in [3.63, 3.8) is 0 Å². The molecule has 3 amide bonds. The molecular formula is C29H38ClN5O3. The first-order chi connectivity index (χ1) is 18.0. The topological polar surface area (TPSA) is 85.8 Å². The lowest BCUT2D eigenvalue weighted by Gasteiger charge is -2.39. The number of nitrogens with zero attached hydrogens (tertiary/aromatic N) is 4. The van der Waals surface area contributed by atoms with E-state index in [0.29, 0.717) is 29.9 Å². The van der Waals surface area contributed by atoms with Crippen LogP contribution in [0, 0.1) is 13.8 Å². The Morgan fingerprint density at radius 3 is 2.50 bits per heavy atom. The fourth-order valence-electron chi connectivity index (χ4n) is 5.34. The molecule has 0 saturated carbocycles. The average Bonchev–Trinajstić information content (AvgIpc) is 3.26. The van der Waals surface area contributed by atoms with Crippen LogP contribution in [-0.4, -0.2) is 75.7 Å². The minimum Gasteiger partial charge on any atom is -0.339 e. The van der Waals surface area contributed by atoms with Crippen molar-refractivity contribution >= 4 is 35.1 Å². The van der Waals surface area contributed by atoms with Crippen LogP contribution in [0.25, 0.3) is 0 Å². The number of halogens is 1. The van der Waals surface area contributed by atoms with Gasteiger partial charge in [0.05, 0.1) is 0 Å². The van der Waals surface area contributed by atoms with Crippen LogP contribution < -0.4 is 5.32 Å². The number of rotatable bonds is 7. The van der Waals surface area contributed by atoms with Crippen LogP contribution in [0.3, 0.4) is 0 Å². The molecular weight excluding hydrogens is 502 g/mol. The largest absolute Gasteiger partial charge is 0.339 e. The highest BCUT2D eigenvalue weighted by Gasteiger charge is 2.41. The van der Waals surface area contributed by atoms with E-state index in [4.69, 9.17) is 11.6 Å². The third-order valence-corrected chi connectivity index (χ3v) is 8.11. The van der Waals surface area contributed by atoms with Crippen molar-refractivity contribution in [1.82, 2.24) is 19.7 Å². The number of carbonyl (C=O) groups is 3. The molecule has 4 rings (SSSR count). The third kappa shape index (κ3) is 6.35. The number of pyridine rings is 1. The molecule has 1 atom stereocenters. The highest BCUT2D eigenvalue weighted by molar-refractivity contribution is 6.31. The molecule has 2 fully saturated rings. The SMILES string of the molecule is Cc1cc(C(=O)N(C)C(C)C)cc(NC(=O)[C@H]2CCC(=O)N2C2CCN(Cc3ccc(Cl)c(C)c3)CC2)n1. The van der Waals surface area contributed by atoms with E-state index >= 15 is 0 Å². The van der Waals surface area contributed by atoms with Crippen molar-refractivity contribution in [2.24, 2.45) is 0 Å². The van der Waals surface area contributed by atoms with E-state index in [9.17, 15) is 14.4 Å². The number of nitrogens with one attached hydrogen (secondary N) is 1. The summed E-state index contributed by atoms with van der Waals surface area (Å²) in [7, 11) is 1.75. The summed E-state index contributed by atoms with van der Waals surface area (Å²) < 4.78 is 0. The van der Waals surface area contributed by atoms with E-state index < -0.39 is 6.04 Å². The normalized spacial score (nSPS) is 18.8. The van der Waals surface area contributed by atoms with Gasteiger partial charge in [-0.25, -0.2) is 4.98 Å². The van der Waals surface area contributed by atoms with Gasteiger partial charge in [-0.2, -0.15) is 0 Å². The van der Waals surface area contributed by atoms with E-state index in [1.54, 1.807) is 35.9 Å². The quantitative estimate of drug-likeness (QED) is 0.562. The molecule has 8 nitrogen and oxygen atoms in total. The number of hydrogen-bond acceptors (Lipinski definition) is 5. The van der Waals surface area contributed by atoms with Crippen molar-refractivity contribution in [1.29, 1.82) is 0 Å². The van der Waals surface area contributed by atoms with Crippen LogP contribution >= 0.6 is 11.6 Å². The number of carbonyl (C=O) groups excluding carboxylic acids is 3. The number of amides is 3. The van der Waals surface area contributed by atoms with E-state index in [1.807, 2.05) is 26.8 Å². The first kappa shape index (κ1) is 28.0. The third-order valence-electron chi connectivity index (χ3n) is 7.68. The Morgan fingerprint density at radius 1 is 1.13 bits per heavy atom.